The van der Waals surface area contributed by atoms with Crippen molar-refractivity contribution in [2.45, 2.75) is 6.42 Å². The molecule has 90 valence electrons. The lowest BCUT2D eigenvalue weighted by atomic mass is 10.1. The van der Waals surface area contributed by atoms with E-state index < -0.39 is 0 Å². The second-order valence-electron chi connectivity index (χ2n) is 4.02. The Morgan fingerprint density at radius 2 is 2.22 bits per heavy atom. The van der Waals surface area contributed by atoms with E-state index in [1.165, 1.54) is 0 Å². The molecule has 0 bridgehead atoms. The van der Waals surface area contributed by atoms with Crippen molar-refractivity contribution in [2.75, 3.05) is 11.1 Å². The molecule has 0 radical (unpaired) electrons. The van der Waals surface area contributed by atoms with Crippen LogP contribution < -0.4 is 11.1 Å². The smallest absolute Gasteiger partial charge is 0.228 e. The normalized spacial score (nSPS) is 13.3. The fraction of sp³-hybridized carbons (Fsp3) is 0.0833. The van der Waals surface area contributed by atoms with E-state index in [1.54, 1.807) is 6.20 Å². The Bertz CT molecular complexity index is 601. The third-order valence-electron chi connectivity index (χ3n) is 2.75. The van der Waals surface area contributed by atoms with Gasteiger partial charge < -0.3 is 11.1 Å². The molecule has 1 aliphatic heterocycles. The van der Waals surface area contributed by atoms with E-state index in [4.69, 9.17) is 5.73 Å². The topological polar surface area (TPSA) is 80.9 Å². The molecule has 5 nitrogen and oxygen atoms in total. The third kappa shape index (κ3) is 1.84. The number of aromatic nitrogens is 2. The number of halogens is 1. The summed E-state index contributed by atoms with van der Waals surface area (Å²) in [5.41, 5.74) is 8.69. The van der Waals surface area contributed by atoms with Crippen molar-refractivity contribution in [1.29, 1.82) is 0 Å². The number of hydrogen-bond acceptors (Lipinski definition) is 4. The minimum Gasteiger partial charge on any atom is -0.368 e. The highest BCUT2D eigenvalue weighted by molar-refractivity contribution is 9.10. The number of amides is 1. The number of anilines is 2. The first-order chi connectivity index (χ1) is 8.63. The van der Waals surface area contributed by atoms with Gasteiger partial charge in [0.25, 0.3) is 0 Å². The highest BCUT2D eigenvalue weighted by Gasteiger charge is 2.20. The lowest BCUT2D eigenvalue weighted by Crippen LogP contribution is -2.12. The van der Waals surface area contributed by atoms with Crippen LogP contribution in [0.25, 0.3) is 11.3 Å². The molecule has 6 heteroatoms. The lowest BCUT2D eigenvalue weighted by molar-refractivity contribution is -0.115. The molecule has 1 aromatic heterocycles. The van der Waals surface area contributed by atoms with Crippen LogP contribution in [0.4, 0.5) is 11.6 Å². The van der Waals surface area contributed by atoms with E-state index in [0.29, 0.717) is 5.69 Å². The maximum atomic E-state index is 11.8. The molecule has 1 aromatic carbocycles. The van der Waals surface area contributed by atoms with E-state index in [0.717, 1.165) is 21.3 Å². The van der Waals surface area contributed by atoms with Gasteiger partial charge in [0.2, 0.25) is 11.9 Å². The van der Waals surface area contributed by atoms with Gasteiger partial charge in [-0.3, -0.25) is 4.79 Å². The second kappa shape index (κ2) is 4.06. The van der Waals surface area contributed by atoms with Crippen LogP contribution >= 0.6 is 15.9 Å². The minimum absolute atomic E-state index is 0.0781. The van der Waals surface area contributed by atoms with Crippen molar-refractivity contribution in [3.63, 3.8) is 0 Å². The van der Waals surface area contributed by atoms with Crippen molar-refractivity contribution in [1.82, 2.24) is 9.97 Å². The van der Waals surface area contributed by atoms with Crippen LogP contribution in [-0.4, -0.2) is 15.9 Å². The van der Waals surface area contributed by atoms with Gasteiger partial charge in [0.1, 0.15) is 0 Å². The maximum Gasteiger partial charge on any atom is 0.228 e. The van der Waals surface area contributed by atoms with Crippen LogP contribution in [0.15, 0.2) is 28.9 Å². The molecule has 0 unspecified atom stereocenters. The van der Waals surface area contributed by atoms with Crippen LogP contribution in [0.5, 0.6) is 0 Å². The number of nitrogens with two attached hydrogens (primary N) is 1. The van der Waals surface area contributed by atoms with Gasteiger partial charge in [-0.25, -0.2) is 9.97 Å². The second-order valence-corrected chi connectivity index (χ2v) is 4.93. The Morgan fingerprint density at radius 1 is 1.39 bits per heavy atom. The van der Waals surface area contributed by atoms with Crippen LogP contribution in [0.1, 0.15) is 5.56 Å². The van der Waals surface area contributed by atoms with E-state index in [2.05, 4.69) is 31.2 Å². The number of benzene rings is 1. The highest BCUT2D eigenvalue weighted by Crippen LogP contribution is 2.34. The van der Waals surface area contributed by atoms with Gasteiger partial charge >= 0.3 is 0 Å². The van der Waals surface area contributed by atoms with Gasteiger partial charge in [-0.15, -0.1) is 0 Å². The van der Waals surface area contributed by atoms with Gasteiger partial charge in [-0.1, -0.05) is 15.9 Å². The molecule has 1 amide bonds. The number of rotatable bonds is 0. The van der Waals surface area contributed by atoms with Gasteiger partial charge in [-0.05, 0) is 18.2 Å². The van der Waals surface area contributed by atoms with Crippen LogP contribution in [0, 0.1) is 0 Å². The van der Waals surface area contributed by atoms with E-state index in [1.807, 2.05) is 18.2 Å². The molecule has 3 rings (SSSR count). The molecule has 1 aliphatic rings. The summed E-state index contributed by atoms with van der Waals surface area (Å²) in [5.74, 6) is 0.125. The van der Waals surface area contributed by atoms with Crippen molar-refractivity contribution in [3.8, 4) is 11.3 Å². The predicted molar refractivity (Wildman–Crippen MR) is 71.9 cm³/mol. The first-order valence-electron chi connectivity index (χ1n) is 5.34. The molecule has 0 saturated heterocycles. The molecule has 0 atom stereocenters. The quantitative estimate of drug-likeness (QED) is 0.780. The van der Waals surface area contributed by atoms with Crippen LogP contribution in [-0.2, 0) is 11.2 Å². The predicted octanol–water partition coefficient (Wildman–Crippen LogP) is 1.98. The maximum absolute atomic E-state index is 11.8. The molecular weight excluding hydrogens is 296 g/mol. The molecule has 2 heterocycles. The zero-order valence-corrected chi connectivity index (χ0v) is 10.9. The van der Waals surface area contributed by atoms with E-state index >= 15 is 0 Å². The van der Waals surface area contributed by atoms with Gasteiger partial charge in [0.15, 0.2) is 0 Å². The summed E-state index contributed by atoms with van der Waals surface area (Å²) in [7, 11) is 0. The molecule has 18 heavy (non-hydrogen) atoms. The summed E-state index contributed by atoms with van der Waals surface area (Å²) in [6, 6.07) is 5.62. The molecule has 0 fully saturated rings. The van der Waals surface area contributed by atoms with E-state index in [-0.39, 0.29) is 18.3 Å². The zero-order chi connectivity index (χ0) is 12.7. The van der Waals surface area contributed by atoms with Gasteiger partial charge in [0, 0.05) is 21.8 Å². The summed E-state index contributed by atoms with van der Waals surface area (Å²) in [6.45, 7) is 0. The monoisotopic (exact) mass is 304 g/mol. The van der Waals surface area contributed by atoms with Crippen LogP contribution in [0.2, 0.25) is 0 Å². The highest BCUT2D eigenvalue weighted by atomic mass is 79.9. The van der Waals surface area contributed by atoms with Crippen molar-refractivity contribution < 1.29 is 4.79 Å². The zero-order valence-electron chi connectivity index (χ0n) is 9.27. The molecule has 2 aromatic rings. The van der Waals surface area contributed by atoms with Crippen molar-refractivity contribution in [3.05, 3.63) is 34.4 Å². The SMILES string of the molecule is Nc1ncc2c(n1)-c1cc(Br)ccc1NC(=O)C2. The van der Waals surface area contributed by atoms with Gasteiger partial charge in [0.05, 0.1) is 17.8 Å². The summed E-state index contributed by atoms with van der Waals surface area (Å²) in [6.07, 6.45) is 1.86. The number of fused-ring (bicyclic) bond motifs is 3. The number of carbonyl (C=O) groups excluding carboxylic acids is 1. The summed E-state index contributed by atoms with van der Waals surface area (Å²) in [5, 5.41) is 2.85. The Morgan fingerprint density at radius 3 is 3.06 bits per heavy atom. The standard InChI is InChI=1S/C12H9BrN4O/c13-7-1-2-9-8(4-7)11-6(3-10(18)16-9)5-15-12(14)17-11/h1-2,4-5H,3H2,(H,16,18)(H2,14,15,17). The number of nitrogens with zero attached hydrogens (tertiary/aromatic N) is 2. The summed E-state index contributed by atoms with van der Waals surface area (Å²) < 4.78 is 0.917. The van der Waals surface area contributed by atoms with E-state index in [9.17, 15) is 4.79 Å². The average Bonchev–Trinajstić information content (AvgIpc) is 2.46. The first-order valence-corrected chi connectivity index (χ1v) is 6.14. The molecule has 3 N–H and O–H groups in total. The molecule has 0 saturated carbocycles. The first kappa shape index (κ1) is 11.2. The summed E-state index contributed by atoms with van der Waals surface area (Å²) >= 11 is 3.41. The summed E-state index contributed by atoms with van der Waals surface area (Å²) in [4.78, 5) is 20.0. The Balaban J connectivity index is 2.32. The number of carbonyl (C=O) groups is 1. The van der Waals surface area contributed by atoms with Crippen molar-refractivity contribution in [2.24, 2.45) is 0 Å². The number of nitrogen functional groups attached to an aromatic ring is 1. The fourth-order valence-corrected chi connectivity index (χ4v) is 2.33. The number of hydrogen-bond donors (Lipinski definition) is 2. The van der Waals surface area contributed by atoms with Crippen molar-refractivity contribution >= 4 is 33.5 Å². The van der Waals surface area contributed by atoms with Crippen LogP contribution in [0.3, 0.4) is 0 Å². The Hall–Kier alpha value is -1.95. The lowest BCUT2D eigenvalue weighted by Gasteiger charge is -2.08. The minimum atomic E-state index is -0.0781. The Kier molecular flexibility index (Phi) is 2.52. The van der Waals surface area contributed by atoms with Gasteiger partial charge in [-0.2, -0.15) is 0 Å². The molecule has 0 aliphatic carbocycles. The Labute approximate surface area is 112 Å². The largest absolute Gasteiger partial charge is 0.368 e. The third-order valence-corrected chi connectivity index (χ3v) is 3.24. The molecular formula is C12H9BrN4O. The average molecular weight is 305 g/mol. The molecule has 0 spiro atoms. The number of nitrogens with one attached hydrogen (secondary N) is 1. The fourth-order valence-electron chi connectivity index (χ4n) is 1.97.